The van der Waals surface area contributed by atoms with Crippen molar-refractivity contribution < 1.29 is 68.3 Å². The summed E-state index contributed by atoms with van der Waals surface area (Å²) in [6.45, 7) is 23.9. The van der Waals surface area contributed by atoms with Gasteiger partial charge in [0.2, 0.25) is 17.5 Å². The monoisotopic (exact) mass is 1420 g/mol. The number of aliphatic hydroxyl groups excluding tert-OH is 4. The number of rotatable bonds is 8. The van der Waals surface area contributed by atoms with Crippen molar-refractivity contribution in [2.45, 2.75) is 192 Å². The number of furan rings is 1. The van der Waals surface area contributed by atoms with Crippen molar-refractivity contribution in [2.24, 2.45) is 0 Å². The van der Waals surface area contributed by atoms with Gasteiger partial charge in [-0.1, -0.05) is 56.2 Å². The van der Waals surface area contributed by atoms with E-state index in [1.165, 1.54) is 18.3 Å². The van der Waals surface area contributed by atoms with E-state index in [9.17, 15) is 24.5 Å². The van der Waals surface area contributed by atoms with Gasteiger partial charge in [-0.05, 0) is 103 Å². The topological polar surface area (TPSA) is 324 Å². The highest BCUT2D eigenvalue weighted by Crippen LogP contribution is 2.40. The SMILES string of the molecule is C.C.C.C.C.C.Cc1cnc(C)c(O)c1C=O.Cc1cnc(C)c(O)c1CO.Cc1ncc(C)c2c(Nc3ccc(F)c(Cl)c3)c(N)oc12.Cc1ncc(CCl)c2c1OC(C)(C)OC2.Cc1ncc(CO)c(CO)c1O.Cc1ncc(CO)c2c1OC(C)(C)OC2.Cl.Cl.Cl. The number of aromatic hydroxyl groups is 3. The normalized spacial score (nSPS) is 11.9. The lowest BCUT2D eigenvalue weighted by Gasteiger charge is -2.33. The number of aryl methyl sites for hydroxylation is 9. The molecule has 0 fully saturated rings. The molecule has 0 amide bonds. The van der Waals surface area contributed by atoms with Crippen molar-refractivity contribution in [3.63, 3.8) is 0 Å². The van der Waals surface area contributed by atoms with E-state index in [1.807, 2.05) is 55.4 Å². The predicted molar refractivity (Wildman–Crippen MR) is 382 cm³/mol. The van der Waals surface area contributed by atoms with Crippen LogP contribution in [0.15, 0.2) is 59.8 Å². The van der Waals surface area contributed by atoms with Crippen LogP contribution < -0.4 is 20.5 Å². The number of ether oxygens (including phenoxy) is 4. The molecule has 10 N–H and O–H groups in total. The zero-order valence-corrected chi connectivity index (χ0v) is 54.9. The summed E-state index contributed by atoms with van der Waals surface area (Å²) >= 11 is 11.6. The molecule has 9 heterocycles. The minimum atomic E-state index is -0.618. The van der Waals surface area contributed by atoms with Crippen LogP contribution in [0, 0.1) is 68.1 Å². The molecule has 0 spiro atoms. The Labute approximate surface area is 583 Å². The number of carbonyl (C=O) groups is 1. The van der Waals surface area contributed by atoms with Gasteiger partial charge in [-0.15, -0.1) is 48.8 Å². The zero-order chi connectivity index (χ0) is 63.2. The van der Waals surface area contributed by atoms with Gasteiger partial charge in [-0.25, -0.2) is 4.39 Å². The second kappa shape index (κ2) is 42.5. The molecule has 27 heteroatoms. The molecule has 2 aliphatic rings. The Morgan fingerprint density at radius 3 is 1.44 bits per heavy atom. The summed E-state index contributed by atoms with van der Waals surface area (Å²) in [6, 6.07) is 4.38. The number of nitrogen functional groups attached to an aromatic ring is 1. The number of nitrogens with one attached hydrogen (secondary N) is 1. The summed E-state index contributed by atoms with van der Waals surface area (Å²) in [7, 11) is 0. The summed E-state index contributed by atoms with van der Waals surface area (Å²) < 4.78 is 41.4. The van der Waals surface area contributed by atoms with Crippen LogP contribution in [0.2, 0.25) is 5.02 Å². The molecule has 2 aliphatic heterocycles. The molecule has 8 aromatic rings. The first-order valence-corrected chi connectivity index (χ1v) is 27.4. The highest BCUT2D eigenvalue weighted by molar-refractivity contribution is 6.31. The fourth-order valence-corrected chi connectivity index (χ4v) is 8.67. The number of aromatic nitrogens is 6. The molecule has 528 valence electrons. The molecule has 94 heavy (non-hydrogen) atoms. The number of hydrogen-bond acceptors (Lipinski definition) is 21. The Morgan fingerprint density at radius 1 is 0.574 bits per heavy atom. The van der Waals surface area contributed by atoms with Gasteiger partial charge in [-0.3, -0.25) is 34.7 Å². The number of anilines is 3. The number of fused-ring (bicyclic) bond motifs is 3. The smallest absolute Gasteiger partial charge is 0.215 e. The van der Waals surface area contributed by atoms with E-state index in [1.54, 1.807) is 71.7 Å². The lowest BCUT2D eigenvalue weighted by atomic mass is 10.1. The van der Waals surface area contributed by atoms with Crippen molar-refractivity contribution in [2.75, 3.05) is 11.1 Å². The highest BCUT2D eigenvalue weighted by Gasteiger charge is 2.32. The molecule has 7 aromatic heterocycles. The standard InChI is InChI=1S/C15H13ClFN3O.C11H14ClNO2.C11H15NO3.C8H11NO3.C8H11NO2.C8H9NO2.6CH4.3ClH/c1-7-6-19-8(2)14-12(7)13(15(18)21-14)20-9-3-4-11(17)10(16)5-9;1-7-10-9(8(4-12)5-13-7)6-14-11(2,3)15-10;1-7-10-9(8(5-13)4-12-7)6-14-11(2,3)15-10;1-5-8(12)7(4-11)6(3-10)2-9-5;2*1-5-3-9-6(2)8(11)7(5)4-10;;;;;;;;;/h3-6,20H,18H2,1-2H3;5H,4,6H2,1-3H3;4,13H,5-6H2,1-3H3;2,10-12H,3-4H2,1H3;3,10-11H,4H2,1-2H3;3-4,11H,1-2H3;6*1H4;3*1H. The third kappa shape index (κ3) is 24.1. The number of aldehydes is 1. The number of halogens is 6. The van der Waals surface area contributed by atoms with Crippen LogP contribution in [0.5, 0.6) is 28.7 Å². The summed E-state index contributed by atoms with van der Waals surface area (Å²) in [5, 5.41) is 67.7. The quantitative estimate of drug-likeness (QED) is 0.0504. The summed E-state index contributed by atoms with van der Waals surface area (Å²) in [5.41, 5.74) is 19.7. The summed E-state index contributed by atoms with van der Waals surface area (Å²) in [5.74, 6) is 0.646. The molecule has 0 saturated heterocycles. The van der Waals surface area contributed by atoms with Crippen molar-refractivity contribution in [3.05, 3.63) is 162 Å². The minimum Gasteiger partial charge on any atom is -0.506 e. The van der Waals surface area contributed by atoms with Crippen LogP contribution in [-0.4, -0.2) is 83.5 Å². The molecule has 0 unspecified atom stereocenters. The van der Waals surface area contributed by atoms with Gasteiger partial charge < -0.3 is 70.2 Å². The van der Waals surface area contributed by atoms with E-state index < -0.39 is 17.4 Å². The number of pyridine rings is 6. The molecular weight excluding hydrogens is 1320 g/mol. The van der Waals surface area contributed by atoms with Gasteiger partial charge in [0.1, 0.15) is 40.3 Å². The van der Waals surface area contributed by atoms with Crippen LogP contribution in [0.4, 0.5) is 21.6 Å². The van der Waals surface area contributed by atoms with E-state index in [0.717, 1.165) is 67.3 Å². The Kier molecular flexibility index (Phi) is 43.3. The lowest BCUT2D eigenvalue weighted by molar-refractivity contribution is -0.181. The van der Waals surface area contributed by atoms with Crippen molar-refractivity contribution in [1.82, 2.24) is 29.9 Å². The second-order valence-corrected chi connectivity index (χ2v) is 21.2. The minimum absolute atomic E-state index is 0. The van der Waals surface area contributed by atoms with E-state index in [-0.39, 0.29) is 136 Å². The Bertz CT molecular complexity index is 3600. The van der Waals surface area contributed by atoms with Gasteiger partial charge in [-0.2, -0.15) is 0 Å². The van der Waals surface area contributed by atoms with Gasteiger partial charge >= 0.3 is 0 Å². The molecule has 1 aromatic carbocycles. The van der Waals surface area contributed by atoms with Gasteiger partial charge in [0.15, 0.2) is 11.9 Å². The number of carbonyl (C=O) groups excluding carboxylic acids is 1. The number of aliphatic hydroxyl groups is 4. The fourth-order valence-electron chi connectivity index (χ4n) is 8.26. The van der Waals surface area contributed by atoms with Crippen molar-refractivity contribution >= 4 is 94.9 Å². The number of benzene rings is 1. The molecule has 0 bridgehead atoms. The van der Waals surface area contributed by atoms with Crippen LogP contribution in [-0.2, 0) is 55.0 Å². The van der Waals surface area contributed by atoms with Crippen LogP contribution in [0.3, 0.4) is 0 Å². The molecule has 21 nitrogen and oxygen atoms in total. The first kappa shape index (κ1) is 95.8. The predicted octanol–water partition coefficient (Wildman–Crippen LogP) is 16.1. The molecule has 0 atom stereocenters. The molecular formula is C67H100Cl5FN8O13. The zero-order valence-electron chi connectivity index (χ0n) is 50.9. The number of nitrogens with zero attached hydrogens (tertiary/aromatic N) is 6. The molecule has 0 radical (unpaired) electrons. The van der Waals surface area contributed by atoms with Gasteiger partial charge in [0.05, 0.1) is 89.8 Å². The molecule has 0 aliphatic carbocycles. The number of nitrogens with two attached hydrogens (primary N) is 1. The first-order valence-electron chi connectivity index (χ1n) is 26.4. The van der Waals surface area contributed by atoms with Crippen molar-refractivity contribution in [3.8, 4) is 28.7 Å². The Morgan fingerprint density at radius 2 is 0.989 bits per heavy atom. The summed E-state index contributed by atoms with van der Waals surface area (Å²) in [4.78, 5) is 34.8. The Hall–Kier alpha value is -6.93. The number of hydrogen-bond donors (Lipinski definition) is 9. The van der Waals surface area contributed by atoms with E-state index in [2.05, 4.69) is 35.2 Å². The maximum atomic E-state index is 13.2. The Balaban J connectivity index is -0.000000336. The third-order valence-corrected chi connectivity index (χ3v) is 13.9. The maximum absolute atomic E-state index is 13.2. The van der Waals surface area contributed by atoms with Crippen LogP contribution in [0.25, 0.3) is 11.0 Å². The fraction of sp³-hybridized carbons (Fsp3) is 0.418. The van der Waals surface area contributed by atoms with Crippen LogP contribution in [0.1, 0.15) is 172 Å². The molecule has 0 saturated carbocycles. The van der Waals surface area contributed by atoms with Crippen molar-refractivity contribution in [1.29, 1.82) is 0 Å². The van der Waals surface area contributed by atoms with E-state index in [4.69, 9.17) is 72.7 Å². The average Bonchev–Trinajstić information content (AvgIpc) is 1.45. The van der Waals surface area contributed by atoms with Gasteiger partial charge in [0, 0.05) is 110 Å². The number of alkyl halides is 1. The first-order chi connectivity index (χ1) is 40.1. The van der Waals surface area contributed by atoms with E-state index in [0.29, 0.717) is 87.2 Å². The van der Waals surface area contributed by atoms with E-state index >= 15 is 0 Å². The van der Waals surface area contributed by atoms with Gasteiger partial charge in [0.25, 0.3) is 0 Å². The average molecular weight is 1420 g/mol. The maximum Gasteiger partial charge on any atom is 0.215 e. The van der Waals surface area contributed by atoms with Crippen LogP contribution >= 0.6 is 60.4 Å². The molecule has 10 rings (SSSR count). The second-order valence-electron chi connectivity index (χ2n) is 20.5. The third-order valence-electron chi connectivity index (χ3n) is 13.3. The largest absolute Gasteiger partial charge is 0.506 e. The summed E-state index contributed by atoms with van der Waals surface area (Å²) in [6.07, 6.45) is 10.5. The lowest BCUT2D eigenvalue weighted by Crippen LogP contribution is -2.36. The highest BCUT2D eigenvalue weighted by atomic mass is 35.5.